The molecule has 10 heteroatoms. The zero-order chi connectivity index (χ0) is 20.5. The van der Waals surface area contributed by atoms with Crippen LogP contribution in [0.3, 0.4) is 0 Å². The number of methoxy groups -OCH3 is 1. The Morgan fingerprint density at radius 3 is 2.31 bits per heavy atom. The van der Waals surface area contributed by atoms with Crippen molar-refractivity contribution >= 4 is 62.2 Å². The van der Waals surface area contributed by atoms with Gasteiger partial charge in [0.1, 0.15) is 5.75 Å². The van der Waals surface area contributed by atoms with Crippen LogP contribution >= 0.6 is 35.6 Å². The molecule has 0 spiro atoms. The Balaban J connectivity index is 0.00000300. The number of aromatic nitrogens is 1. The summed E-state index contributed by atoms with van der Waals surface area (Å²) in [5.74, 6) is 0.559. The van der Waals surface area contributed by atoms with Crippen molar-refractivity contribution in [3.05, 3.63) is 58.2 Å². The van der Waals surface area contributed by atoms with E-state index in [0.29, 0.717) is 28.2 Å². The van der Waals surface area contributed by atoms with Crippen LogP contribution in [0.2, 0.25) is 10.0 Å². The van der Waals surface area contributed by atoms with Gasteiger partial charge >= 0.3 is 0 Å². The van der Waals surface area contributed by atoms with Gasteiger partial charge in [-0.3, -0.25) is 4.72 Å². The molecule has 0 amide bonds. The zero-order valence-corrected chi connectivity index (χ0v) is 19.1. The monoisotopic (exact) mass is 475 g/mol. The first kappa shape index (κ1) is 23.5. The van der Waals surface area contributed by atoms with E-state index < -0.39 is 10.0 Å². The van der Waals surface area contributed by atoms with E-state index in [9.17, 15) is 8.42 Å². The molecule has 2 aromatic carbocycles. The van der Waals surface area contributed by atoms with Crippen LogP contribution in [0.4, 0.5) is 5.69 Å². The third kappa shape index (κ3) is 5.24. The second-order valence-corrected chi connectivity index (χ2v) is 8.93. The zero-order valence-electron chi connectivity index (χ0n) is 15.9. The summed E-state index contributed by atoms with van der Waals surface area (Å²) in [6, 6.07) is 11.2. The van der Waals surface area contributed by atoms with Gasteiger partial charge in [-0.2, -0.15) is 0 Å². The quantitative estimate of drug-likeness (QED) is 0.551. The van der Waals surface area contributed by atoms with E-state index >= 15 is 0 Å². The third-order valence-corrected chi connectivity index (χ3v) is 6.00. The van der Waals surface area contributed by atoms with Crippen LogP contribution in [0.15, 0.2) is 47.4 Å². The van der Waals surface area contributed by atoms with Crippen molar-refractivity contribution in [3.63, 3.8) is 0 Å². The van der Waals surface area contributed by atoms with Crippen molar-refractivity contribution in [2.24, 2.45) is 0 Å². The molecule has 0 bridgehead atoms. The summed E-state index contributed by atoms with van der Waals surface area (Å²) in [4.78, 5) is 6.63. The summed E-state index contributed by atoms with van der Waals surface area (Å²) in [6.07, 6.45) is 0. The van der Waals surface area contributed by atoms with Gasteiger partial charge in [-0.05, 0) is 56.6 Å². The number of hydrogen-bond acceptors (Lipinski definition) is 5. The molecule has 1 heterocycles. The molecular formula is C19H20Cl3N3O3S. The molecule has 6 nitrogen and oxygen atoms in total. The topological polar surface area (TPSA) is 71.5 Å². The van der Waals surface area contributed by atoms with Gasteiger partial charge in [0.25, 0.3) is 10.0 Å². The predicted molar refractivity (Wildman–Crippen MR) is 120 cm³/mol. The first-order valence-electron chi connectivity index (χ1n) is 8.30. The average molecular weight is 477 g/mol. The molecule has 0 fully saturated rings. The first-order chi connectivity index (χ1) is 13.2. The number of halogens is 3. The molecule has 1 N–H and O–H groups in total. The highest BCUT2D eigenvalue weighted by atomic mass is 35.5. The Hall–Kier alpha value is -1.77. The maximum absolute atomic E-state index is 12.9. The third-order valence-electron chi connectivity index (χ3n) is 4.02. The lowest BCUT2D eigenvalue weighted by Gasteiger charge is -2.15. The fraction of sp³-hybridized carbons (Fsp3) is 0.211. The summed E-state index contributed by atoms with van der Waals surface area (Å²) in [6.45, 7) is 0.588. The maximum atomic E-state index is 12.9. The molecule has 0 aliphatic rings. The number of hydrogen-bond donors (Lipinski definition) is 1. The van der Waals surface area contributed by atoms with Crippen LogP contribution < -0.4 is 9.46 Å². The fourth-order valence-electron chi connectivity index (χ4n) is 2.71. The minimum atomic E-state index is -3.88. The van der Waals surface area contributed by atoms with Crippen LogP contribution in [-0.4, -0.2) is 39.5 Å². The van der Waals surface area contributed by atoms with Gasteiger partial charge < -0.3 is 9.64 Å². The van der Waals surface area contributed by atoms with Crippen LogP contribution in [-0.2, 0) is 16.6 Å². The van der Waals surface area contributed by atoms with Gasteiger partial charge in [-0.1, -0.05) is 23.2 Å². The van der Waals surface area contributed by atoms with Crippen molar-refractivity contribution in [2.75, 3.05) is 25.9 Å². The highest BCUT2D eigenvalue weighted by Crippen LogP contribution is 2.37. The smallest absolute Gasteiger partial charge is 0.262 e. The second kappa shape index (κ2) is 9.36. The van der Waals surface area contributed by atoms with Crippen LogP contribution in [0.25, 0.3) is 10.9 Å². The lowest BCUT2D eigenvalue weighted by Crippen LogP contribution is -2.15. The highest BCUT2D eigenvalue weighted by molar-refractivity contribution is 7.92. The van der Waals surface area contributed by atoms with E-state index in [1.165, 1.54) is 25.3 Å². The van der Waals surface area contributed by atoms with Gasteiger partial charge in [0, 0.05) is 11.9 Å². The van der Waals surface area contributed by atoms with Gasteiger partial charge in [0.15, 0.2) is 0 Å². The van der Waals surface area contributed by atoms with E-state index in [-0.39, 0.29) is 28.0 Å². The molecule has 0 saturated heterocycles. The van der Waals surface area contributed by atoms with E-state index in [1.807, 2.05) is 31.1 Å². The summed E-state index contributed by atoms with van der Waals surface area (Å²) in [5, 5.41) is 1.18. The van der Waals surface area contributed by atoms with E-state index in [4.69, 9.17) is 27.9 Å². The Morgan fingerprint density at radius 2 is 1.72 bits per heavy atom. The lowest BCUT2D eigenvalue weighted by atomic mass is 10.1. The molecule has 29 heavy (non-hydrogen) atoms. The molecule has 0 aliphatic heterocycles. The number of anilines is 1. The largest absolute Gasteiger partial charge is 0.497 e. The molecule has 0 unspecified atom stereocenters. The van der Waals surface area contributed by atoms with Gasteiger partial charge in [0.05, 0.1) is 38.9 Å². The number of nitrogens with zero attached hydrogens (tertiary/aromatic N) is 2. The summed E-state index contributed by atoms with van der Waals surface area (Å²) >= 11 is 12.6. The van der Waals surface area contributed by atoms with Crippen molar-refractivity contribution < 1.29 is 13.2 Å². The van der Waals surface area contributed by atoms with Gasteiger partial charge in [-0.25, -0.2) is 13.4 Å². The van der Waals surface area contributed by atoms with E-state index in [2.05, 4.69) is 9.71 Å². The first-order valence-corrected chi connectivity index (χ1v) is 10.5. The van der Waals surface area contributed by atoms with Crippen LogP contribution in [0.5, 0.6) is 5.75 Å². The van der Waals surface area contributed by atoms with Crippen molar-refractivity contribution in [1.82, 2.24) is 9.88 Å². The molecule has 3 aromatic rings. The number of nitrogens with one attached hydrogen (secondary N) is 1. The number of benzene rings is 2. The number of fused-ring (bicyclic) bond motifs is 1. The summed E-state index contributed by atoms with van der Waals surface area (Å²) in [7, 11) is 1.47. The average Bonchev–Trinajstić information content (AvgIpc) is 2.64. The molecule has 3 rings (SSSR count). The molecular weight excluding hydrogens is 457 g/mol. The van der Waals surface area contributed by atoms with Gasteiger partial charge in [0.2, 0.25) is 0 Å². The SMILES string of the molecule is COc1ccc(S(=O)(=O)Nc2c(Cl)cc(Cl)c3ccc(CN(C)C)nc23)cc1.Cl. The number of ether oxygens (including phenoxy) is 1. The molecule has 0 atom stereocenters. The van der Waals surface area contributed by atoms with E-state index in [0.717, 1.165) is 5.69 Å². The number of sulfonamides is 1. The van der Waals surface area contributed by atoms with E-state index in [1.54, 1.807) is 12.1 Å². The van der Waals surface area contributed by atoms with Crippen molar-refractivity contribution in [1.29, 1.82) is 0 Å². The van der Waals surface area contributed by atoms with Crippen molar-refractivity contribution in [3.8, 4) is 5.75 Å². The maximum Gasteiger partial charge on any atom is 0.262 e. The second-order valence-electron chi connectivity index (χ2n) is 6.43. The molecule has 1 aromatic heterocycles. The lowest BCUT2D eigenvalue weighted by molar-refractivity contribution is 0.397. The van der Waals surface area contributed by atoms with Crippen molar-refractivity contribution in [2.45, 2.75) is 11.4 Å². The molecule has 156 valence electrons. The molecule has 0 radical (unpaired) electrons. The Bertz CT molecular complexity index is 1120. The fourth-order valence-corrected chi connectivity index (χ4v) is 4.42. The summed E-state index contributed by atoms with van der Waals surface area (Å²) in [5.41, 5.74) is 1.35. The Labute approximate surface area is 186 Å². The molecule has 0 saturated carbocycles. The summed E-state index contributed by atoms with van der Waals surface area (Å²) < 4.78 is 33.4. The molecule has 0 aliphatic carbocycles. The highest BCUT2D eigenvalue weighted by Gasteiger charge is 2.20. The van der Waals surface area contributed by atoms with Crippen LogP contribution in [0, 0.1) is 0 Å². The normalized spacial score (nSPS) is 11.4. The minimum Gasteiger partial charge on any atom is -0.497 e. The van der Waals surface area contributed by atoms with Gasteiger partial charge in [-0.15, -0.1) is 12.4 Å². The standard InChI is InChI=1S/C19H19Cl2N3O3S.ClH/c1-24(2)11-12-4-9-15-16(20)10-17(21)19(18(15)22-12)23-28(25,26)14-7-5-13(27-3)6-8-14;/h4-10,23H,11H2,1-3H3;1H. The van der Waals surface area contributed by atoms with Crippen LogP contribution in [0.1, 0.15) is 5.69 Å². The Kier molecular flexibility index (Phi) is 7.59. The Morgan fingerprint density at radius 1 is 1.07 bits per heavy atom. The minimum absolute atomic E-state index is 0. The number of rotatable bonds is 6. The predicted octanol–water partition coefficient (Wildman–Crippen LogP) is 4.83. The number of pyridine rings is 1.